The average molecular weight is 403 g/mol. The Hall–Kier alpha value is -1.75. The van der Waals surface area contributed by atoms with Crippen molar-refractivity contribution in [3.8, 4) is 11.5 Å². The Labute approximate surface area is 176 Å². The van der Waals surface area contributed by atoms with Crippen molar-refractivity contribution in [1.29, 1.82) is 0 Å². The third-order valence-corrected chi connectivity index (χ3v) is 5.89. The Morgan fingerprint density at radius 2 is 1.79 bits per heavy atom. The van der Waals surface area contributed by atoms with E-state index in [9.17, 15) is 4.79 Å². The Morgan fingerprint density at radius 1 is 1.03 bits per heavy atom. The molecule has 3 rings (SSSR count). The molecule has 0 spiro atoms. The molecule has 1 aromatic carbocycles. The van der Waals surface area contributed by atoms with Gasteiger partial charge < -0.3 is 19.7 Å². The second kappa shape index (κ2) is 12.1. The van der Waals surface area contributed by atoms with Gasteiger partial charge in [0.25, 0.3) is 0 Å². The third kappa shape index (κ3) is 7.54. The molecule has 5 heteroatoms. The minimum atomic E-state index is 0.138. The summed E-state index contributed by atoms with van der Waals surface area (Å²) in [6.45, 7) is 6.64. The lowest BCUT2D eigenvalue weighted by atomic mass is 10.0. The summed E-state index contributed by atoms with van der Waals surface area (Å²) in [6.07, 6.45) is 11.2. The number of ether oxygens (including phenoxy) is 2. The number of nitrogens with zero attached hydrogens (tertiary/aromatic N) is 1. The molecule has 1 saturated heterocycles. The number of hydrogen-bond donors (Lipinski definition) is 1. The molecule has 0 aliphatic carbocycles. The van der Waals surface area contributed by atoms with E-state index in [4.69, 9.17) is 9.47 Å². The van der Waals surface area contributed by atoms with Crippen LogP contribution in [-0.2, 0) is 11.2 Å². The number of nitrogens with one attached hydrogen (secondary N) is 1. The minimum Gasteiger partial charge on any atom is -0.486 e. The number of likely N-dealkylation sites (tertiary alicyclic amines) is 1. The van der Waals surface area contributed by atoms with Crippen molar-refractivity contribution in [3.63, 3.8) is 0 Å². The van der Waals surface area contributed by atoms with Gasteiger partial charge in [0.2, 0.25) is 5.91 Å². The molecular weight excluding hydrogens is 364 g/mol. The number of amides is 1. The molecule has 1 N–H and O–H groups in total. The lowest BCUT2D eigenvalue weighted by Gasteiger charge is -2.31. The Balaban J connectivity index is 1.56. The van der Waals surface area contributed by atoms with Crippen molar-refractivity contribution in [1.82, 2.24) is 10.2 Å². The molecule has 1 amide bonds. The molecule has 0 unspecified atom stereocenters. The molecule has 0 radical (unpaired) electrons. The fraction of sp³-hybridized carbons (Fsp3) is 0.708. The summed E-state index contributed by atoms with van der Waals surface area (Å²) in [5.74, 6) is 1.84. The maximum atomic E-state index is 12.6. The summed E-state index contributed by atoms with van der Waals surface area (Å²) in [6, 6.07) is 6.32. The van der Waals surface area contributed by atoms with Gasteiger partial charge in [0.05, 0.1) is 0 Å². The Kier molecular flexibility index (Phi) is 9.13. The van der Waals surface area contributed by atoms with Crippen LogP contribution in [0.1, 0.15) is 70.3 Å². The van der Waals surface area contributed by atoms with Crippen LogP contribution in [0.3, 0.4) is 0 Å². The lowest BCUT2D eigenvalue weighted by Crippen LogP contribution is -2.46. The van der Waals surface area contributed by atoms with Crippen LogP contribution in [0, 0.1) is 0 Å². The molecule has 1 aromatic rings. The van der Waals surface area contributed by atoms with E-state index in [1.807, 2.05) is 6.07 Å². The van der Waals surface area contributed by atoms with E-state index in [1.54, 1.807) is 0 Å². The van der Waals surface area contributed by atoms with Crippen molar-refractivity contribution in [2.24, 2.45) is 0 Å². The number of hydrogen-bond acceptors (Lipinski definition) is 4. The summed E-state index contributed by atoms with van der Waals surface area (Å²) < 4.78 is 11.4. The van der Waals surface area contributed by atoms with Crippen LogP contribution >= 0.6 is 0 Å². The van der Waals surface area contributed by atoms with Gasteiger partial charge in [-0.1, -0.05) is 45.1 Å². The number of rotatable bonds is 11. The zero-order valence-electron chi connectivity index (χ0n) is 18.1. The molecule has 2 heterocycles. The molecule has 1 atom stereocenters. The van der Waals surface area contributed by atoms with E-state index in [2.05, 4.69) is 29.3 Å². The summed E-state index contributed by atoms with van der Waals surface area (Å²) in [5, 5.41) is 3.33. The number of fused-ring (bicyclic) bond motifs is 1. The molecule has 2 aliphatic rings. The van der Waals surface area contributed by atoms with Gasteiger partial charge in [-0.2, -0.15) is 0 Å². The maximum Gasteiger partial charge on any atom is 0.220 e. The van der Waals surface area contributed by atoms with E-state index in [0.29, 0.717) is 19.6 Å². The molecule has 1 fully saturated rings. The van der Waals surface area contributed by atoms with Crippen LogP contribution < -0.4 is 14.8 Å². The highest BCUT2D eigenvalue weighted by Crippen LogP contribution is 2.31. The van der Waals surface area contributed by atoms with Gasteiger partial charge in [-0.3, -0.25) is 4.79 Å². The zero-order chi connectivity index (χ0) is 20.3. The molecular formula is C24H38N2O3. The van der Waals surface area contributed by atoms with Crippen LogP contribution in [0.15, 0.2) is 18.2 Å². The van der Waals surface area contributed by atoms with Crippen LogP contribution in [0.25, 0.3) is 0 Å². The molecule has 0 aromatic heterocycles. The van der Waals surface area contributed by atoms with Gasteiger partial charge in [0, 0.05) is 19.0 Å². The summed E-state index contributed by atoms with van der Waals surface area (Å²) in [4.78, 5) is 15.1. The first-order chi connectivity index (χ1) is 14.2. The number of benzene rings is 1. The predicted octanol–water partition coefficient (Wildman–Crippen LogP) is 4.33. The smallest absolute Gasteiger partial charge is 0.220 e. The first-order valence-electron chi connectivity index (χ1n) is 11.6. The van der Waals surface area contributed by atoms with E-state index >= 15 is 0 Å². The van der Waals surface area contributed by atoms with E-state index in [0.717, 1.165) is 50.4 Å². The lowest BCUT2D eigenvalue weighted by molar-refractivity contribution is -0.122. The van der Waals surface area contributed by atoms with Crippen molar-refractivity contribution < 1.29 is 14.3 Å². The number of carbonyl (C=O) groups excluding carboxylic acids is 1. The largest absolute Gasteiger partial charge is 0.486 e. The summed E-state index contributed by atoms with van der Waals surface area (Å²) in [7, 11) is 0. The molecule has 162 valence electrons. The quantitative estimate of drug-likeness (QED) is 0.560. The Morgan fingerprint density at radius 3 is 2.59 bits per heavy atom. The van der Waals surface area contributed by atoms with Crippen LogP contribution in [0.2, 0.25) is 0 Å². The van der Waals surface area contributed by atoms with Gasteiger partial charge in [0.1, 0.15) is 13.2 Å². The second-order valence-electron chi connectivity index (χ2n) is 8.47. The predicted molar refractivity (Wildman–Crippen MR) is 117 cm³/mol. The molecule has 2 aliphatic heterocycles. The Bertz CT molecular complexity index is 629. The highest BCUT2D eigenvalue weighted by atomic mass is 16.6. The second-order valence-corrected chi connectivity index (χ2v) is 8.47. The zero-order valence-corrected chi connectivity index (χ0v) is 18.1. The average Bonchev–Trinajstić information content (AvgIpc) is 2.74. The normalized spacial score (nSPS) is 17.7. The SMILES string of the molecule is CCCCCCCC(=O)N[C@@H](Cc1ccc2c(c1)OCCO2)CN1CCCCC1. The topological polar surface area (TPSA) is 50.8 Å². The van der Waals surface area contributed by atoms with Gasteiger partial charge in [-0.15, -0.1) is 0 Å². The third-order valence-electron chi connectivity index (χ3n) is 5.89. The maximum absolute atomic E-state index is 12.6. The van der Waals surface area contributed by atoms with Crippen molar-refractivity contribution >= 4 is 5.91 Å². The van der Waals surface area contributed by atoms with Crippen LogP contribution in [-0.4, -0.2) is 49.7 Å². The van der Waals surface area contributed by atoms with Gasteiger partial charge in [0.15, 0.2) is 11.5 Å². The van der Waals surface area contributed by atoms with E-state index in [1.165, 1.54) is 44.1 Å². The monoisotopic (exact) mass is 402 g/mol. The van der Waals surface area contributed by atoms with E-state index in [-0.39, 0.29) is 11.9 Å². The van der Waals surface area contributed by atoms with Crippen molar-refractivity contribution in [2.75, 3.05) is 32.8 Å². The van der Waals surface area contributed by atoms with Crippen molar-refractivity contribution in [3.05, 3.63) is 23.8 Å². The van der Waals surface area contributed by atoms with Crippen molar-refractivity contribution in [2.45, 2.75) is 77.2 Å². The van der Waals surface area contributed by atoms with Gasteiger partial charge >= 0.3 is 0 Å². The first kappa shape index (κ1) is 21.9. The summed E-state index contributed by atoms with van der Waals surface area (Å²) in [5.41, 5.74) is 1.19. The van der Waals surface area contributed by atoms with Crippen LogP contribution in [0.5, 0.6) is 11.5 Å². The number of carbonyl (C=O) groups is 1. The fourth-order valence-corrected chi connectivity index (χ4v) is 4.30. The number of piperidine rings is 1. The van der Waals surface area contributed by atoms with Crippen LogP contribution in [0.4, 0.5) is 0 Å². The molecule has 29 heavy (non-hydrogen) atoms. The molecule has 5 nitrogen and oxygen atoms in total. The highest BCUT2D eigenvalue weighted by Gasteiger charge is 2.20. The fourth-order valence-electron chi connectivity index (χ4n) is 4.30. The number of unbranched alkanes of at least 4 members (excludes halogenated alkanes) is 4. The van der Waals surface area contributed by atoms with Gasteiger partial charge in [-0.05, 0) is 56.5 Å². The molecule has 0 saturated carbocycles. The standard InChI is InChI=1S/C24H38N2O3/c1-2-3-4-5-7-10-24(27)25-21(19-26-13-8-6-9-14-26)17-20-11-12-22-23(18-20)29-16-15-28-22/h11-12,18,21H,2-10,13-17,19H2,1H3,(H,25,27)/t21-/m0/s1. The van der Waals surface area contributed by atoms with E-state index < -0.39 is 0 Å². The van der Waals surface area contributed by atoms with Gasteiger partial charge in [-0.25, -0.2) is 0 Å². The summed E-state index contributed by atoms with van der Waals surface area (Å²) >= 11 is 0. The minimum absolute atomic E-state index is 0.138. The molecule has 0 bridgehead atoms. The first-order valence-corrected chi connectivity index (χ1v) is 11.6. The highest BCUT2D eigenvalue weighted by molar-refractivity contribution is 5.76.